The summed E-state index contributed by atoms with van der Waals surface area (Å²) in [6.45, 7) is 3.46. The molecule has 2 heterocycles. The summed E-state index contributed by atoms with van der Waals surface area (Å²) in [4.78, 5) is 19.8. The third-order valence-corrected chi connectivity index (χ3v) is 7.98. The molecule has 4 saturated carbocycles. The fourth-order valence-corrected chi connectivity index (χ4v) is 7.47. The van der Waals surface area contributed by atoms with Crippen molar-refractivity contribution in [3.63, 3.8) is 0 Å². The predicted molar refractivity (Wildman–Crippen MR) is 96.6 cm³/mol. The molecule has 5 fully saturated rings. The van der Waals surface area contributed by atoms with Crippen molar-refractivity contribution in [2.75, 3.05) is 6.54 Å². The molecule has 0 aromatic carbocycles. The lowest BCUT2D eigenvalue weighted by molar-refractivity contribution is -0.142. The SMILES string of the molecule is CC12CC3C[C@H](C1)C(N1CC4Cc5ccncc5C=C4C1=O)[C@@H](C3)C2. The molecule has 1 aromatic heterocycles. The number of pyridine rings is 1. The van der Waals surface area contributed by atoms with E-state index in [0.717, 1.165) is 41.9 Å². The average Bonchev–Trinajstić information content (AvgIpc) is 2.87. The van der Waals surface area contributed by atoms with Gasteiger partial charge in [0.2, 0.25) is 5.91 Å². The minimum Gasteiger partial charge on any atom is -0.335 e. The molecule has 3 nitrogen and oxygen atoms in total. The quantitative estimate of drug-likeness (QED) is 0.785. The van der Waals surface area contributed by atoms with Crippen molar-refractivity contribution in [1.29, 1.82) is 0 Å². The zero-order valence-electron chi connectivity index (χ0n) is 14.9. The molecule has 1 saturated heterocycles. The van der Waals surface area contributed by atoms with Crippen molar-refractivity contribution >= 4 is 12.0 Å². The predicted octanol–water partition coefficient (Wildman–Crippen LogP) is 3.69. The van der Waals surface area contributed by atoms with Crippen LogP contribution in [0, 0.1) is 29.1 Å². The third kappa shape index (κ3) is 1.98. The first-order valence-electron chi connectivity index (χ1n) is 10.1. The summed E-state index contributed by atoms with van der Waals surface area (Å²) in [7, 11) is 0. The van der Waals surface area contributed by atoms with Crippen LogP contribution in [-0.2, 0) is 11.2 Å². The molecule has 7 rings (SSSR count). The highest BCUT2D eigenvalue weighted by Crippen LogP contribution is 2.61. The lowest BCUT2D eigenvalue weighted by atomic mass is 9.48. The maximum absolute atomic E-state index is 13.3. The van der Waals surface area contributed by atoms with Crippen molar-refractivity contribution in [3.05, 3.63) is 35.2 Å². The Morgan fingerprint density at radius 2 is 2.00 bits per heavy atom. The van der Waals surface area contributed by atoms with Gasteiger partial charge in [-0.05, 0) is 85.0 Å². The maximum atomic E-state index is 13.3. The second kappa shape index (κ2) is 4.75. The second-order valence-corrected chi connectivity index (χ2v) is 9.80. The first-order valence-corrected chi connectivity index (χ1v) is 10.1. The van der Waals surface area contributed by atoms with Gasteiger partial charge in [-0.3, -0.25) is 9.78 Å². The highest BCUT2D eigenvalue weighted by atomic mass is 16.2. The van der Waals surface area contributed by atoms with Crippen molar-refractivity contribution < 1.29 is 4.79 Å². The van der Waals surface area contributed by atoms with Gasteiger partial charge in [-0.2, -0.15) is 0 Å². The number of hydrogen-bond donors (Lipinski definition) is 0. The monoisotopic (exact) mass is 334 g/mol. The van der Waals surface area contributed by atoms with E-state index in [1.807, 2.05) is 12.4 Å². The lowest BCUT2D eigenvalue weighted by Crippen LogP contribution is -2.59. The van der Waals surface area contributed by atoms with Crippen molar-refractivity contribution in [3.8, 4) is 0 Å². The number of hydrogen-bond acceptors (Lipinski definition) is 2. The summed E-state index contributed by atoms with van der Waals surface area (Å²) in [6.07, 6.45) is 13.8. The zero-order chi connectivity index (χ0) is 16.8. The second-order valence-electron chi connectivity index (χ2n) is 9.80. The van der Waals surface area contributed by atoms with E-state index in [2.05, 4.69) is 29.0 Å². The molecular formula is C22H26N2O. The summed E-state index contributed by atoms with van der Waals surface area (Å²) < 4.78 is 0. The Kier molecular flexibility index (Phi) is 2.76. The van der Waals surface area contributed by atoms with Gasteiger partial charge in [0.15, 0.2) is 0 Å². The third-order valence-electron chi connectivity index (χ3n) is 7.98. The number of rotatable bonds is 1. The van der Waals surface area contributed by atoms with E-state index in [1.165, 1.54) is 37.7 Å². The molecule has 6 atom stereocenters. The van der Waals surface area contributed by atoms with E-state index < -0.39 is 0 Å². The smallest absolute Gasteiger partial charge is 0.250 e. The molecule has 4 unspecified atom stereocenters. The van der Waals surface area contributed by atoms with Gasteiger partial charge in [0.25, 0.3) is 0 Å². The fraction of sp³-hybridized carbons (Fsp3) is 0.636. The Labute approximate surface area is 149 Å². The van der Waals surface area contributed by atoms with Gasteiger partial charge in [0.1, 0.15) is 0 Å². The molecular weight excluding hydrogens is 308 g/mol. The van der Waals surface area contributed by atoms with Crippen LogP contribution < -0.4 is 0 Å². The van der Waals surface area contributed by atoms with Crippen molar-refractivity contribution in [2.24, 2.45) is 29.1 Å². The molecule has 6 aliphatic rings. The molecule has 1 amide bonds. The Morgan fingerprint density at radius 3 is 2.76 bits per heavy atom. The molecule has 130 valence electrons. The van der Waals surface area contributed by atoms with Gasteiger partial charge >= 0.3 is 0 Å². The van der Waals surface area contributed by atoms with Crippen LogP contribution in [0.25, 0.3) is 6.08 Å². The zero-order valence-corrected chi connectivity index (χ0v) is 14.9. The minimum atomic E-state index is 0.335. The van der Waals surface area contributed by atoms with Crippen LogP contribution in [0.3, 0.4) is 0 Å². The first kappa shape index (κ1) is 14.5. The number of carbonyl (C=O) groups is 1. The average molecular weight is 334 g/mol. The molecule has 0 N–H and O–H groups in total. The molecule has 1 aromatic rings. The number of fused-ring (bicyclic) bond motifs is 2. The van der Waals surface area contributed by atoms with Gasteiger partial charge in [-0.1, -0.05) is 6.92 Å². The Morgan fingerprint density at radius 1 is 1.20 bits per heavy atom. The highest BCUT2D eigenvalue weighted by Gasteiger charge is 2.57. The maximum Gasteiger partial charge on any atom is 0.250 e. The molecule has 1 aliphatic heterocycles. The minimum absolute atomic E-state index is 0.335. The van der Waals surface area contributed by atoms with Gasteiger partial charge in [-0.15, -0.1) is 0 Å². The Hall–Kier alpha value is -1.64. The van der Waals surface area contributed by atoms with E-state index in [4.69, 9.17) is 0 Å². The Bertz CT molecular complexity index is 781. The van der Waals surface area contributed by atoms with Crippen molar-refractivity contribution in [1.82, 2.24) is 9.88 Å². The standard InChI is InChI=1S/C22H26N2O/c1-22-8-13-4-15(9-22)20(16(5-13)10-22)24-12-18-6-14-2-3-23-11-17(14)7-19(18)21(24)25/h2-3,7,11,13,15-16,18,20H,4-6,8-10,12H2,1H3/t13?,15-,16+,18?,20?,22?. The molecule has 4 bridgehead atoms. The van der Waals surface area contributed by atoms with E-state index >= 15 is 0 Å². The number of likely N-dealkylation sites (tertiary alicyclic amines) is 1. The normalized spacial score (nSPS) is 43.9. The van der Waals surface area contributed by atoms with Crippen LogP contribution in [0.4, 0.5) is 0 Å². The Balaban J connectivity index is 1.33. The summed E-state index contributed by atoms with van der Waals surface area (Å²) in [5, 5.41) is 0. The summed E-state index contributed by atoms with van der Waals surface area (Å²) >= 11 is 0. The van der Waals surface area contributed by atoms with E-state index in [-0.39, 0.29) is 0 Å². The first-order chi connectivity index (χ1) is 12.1. The van der Waals surface area contributed by atoms with Crippen LogP contribution in [0.2, 0.25) is 0 Å². The lowest BCUT2D eigenvalue weighted by Gasteiger charge is -2.60. The van der Waals surface area contributed by atoms with Crippen LogP contribution in [-0.4, -0.2) is 28.4 Å². The molecule has 25 heavy (non-hydrogen) atoms. The molecule has 0 spiro atoms. The van der Waals surface area contributed by atoms with Crippen LogP contribution in [0.5, 0.6) is 0 Å². The number of carbonyl (C=O) groups excluding carboxylic acids is 1. The summed E-state index contributed by atoms with van der Waals surface area (Å²) in [6, 6.07) is 2.64. The number of aromatic nitrogens is 1. The molecule has 3 heteroatoms. The number of amides is 1. The summed E-state index contributed by atoms with van der Waals surface area (Å²) in [5.41, 5.74) is 4.14. The molecule has 5 aliphatic carbocycles. The van der Waals surface area contributed by atoms with E-state index in [1.54, 1.807) is 0 Å². The fourth-order valence-electron chi connectivity index (χ4n) is 7.47. The van der Waals surface area contributed by atoms with Gasteiger partial charge < -0.3 is 4.90 Å². The summed E-state index contributed by atoms with van der Waals surface area (Å²) in [5.74, 6) is 3.18. The van der Waals surface area contributed by atoms with Crippen LogP contribution in [0.15, 0.2) is 24.0 Å². The van der Waals surface area contributed by atoms with Crippen molar-refractivity contribution in [2.45, 2.75) is 51.5 Å². The molecule has 0 radical (unpaired) electrons. The van der Waals surface area contributed by atoms with Crippen LogP contribution >= 0.6 is 0 Å². The van der Waals surface area contributed by atoms with E-state index in [9.17, 15) is 4.79 Å². The largest absolute Gasteiger partial charge is 0.335 e. The van der Waals surface area contributed by atoms with Gasteiger partial charge in [0.05, 0.1) is 0 Å². The van der Waals surface area contributed by atoms with E-state index in [0.29, 0.717) is 23.3 Å². The highest BCUT2D eigenvalue weighted by molar-refractivity contribution is 6.01. The topological polar surface area (TPSA) is 33.2 Å². The number of nitrogens with zero attached hydrogens (tertiary/aromatic N) is 2. The van der Waals surface area contributed by atoms with Crippen LogP contribution in [0.1, 0.15) is 50.2 Å². The van der Waals surface area contributed by atoms with Gasteiger partial charge in [0, 0.05) is 36.5 Å². The van der Waals surface area contributed by atoms with Gasteiger partial charge in [-0.25, -0.2) is 0 Å².